The molecule has 6 amide bonds. The van der Waals surface area contributed by atoms with Crippen molar-refractivity contribution in [1.82, 2.24) is 20.9 Å². The molecule has 0 radical (unpaired) electrons. The molecular formula is C20H24N4O6. The lowest BCUT2D eigenvalue weighted by Gasteiger charge is -2.20. The van der Waals surface area contributed by atoms with E-state index in [1.54, 1.807) is 30.3 Å². The van der Waals surface area contributed by atoms with Gasteiger partial charge in [0.1, 0.15) is 5.54 Å². The Morgan fingerprint density at radius 1 is 1.17 bits per heavy atom. The maximum Gasteiger partial charge on any atom is 0.325 e. The van der Waals surface area contributed by atoms with E-state index in [4.69, 9.17) is 4.74 Å². The number of nitrogens with zero attached hydrogens (tertiary/aromatic N) is 1. The van der Waals surface area contributed by atoms with E-state index in [1.807, 2.05) is 0 Å². The Kier molecular flexibility index (Phi) is 6.34. The Balaban J connectivity index is 1.63. The summed E-state index contributed by atoms with van der Waals surface area (Å²) in [5.41, 5.74) is -0.465. The predicted octanol–water partition coefficient (Wildman–Crippen LogP) is 0.981. The molecule has 1 saturated heterocycles. The monoisotopic (exact) mass is 416 g/mol. The van der Waals surface area contributed by atoms with Crippen LogP contribution in [0.15, 0.2) is 30.3 Å². The van der Waals surface area contributed by atoms with Crippen molar-refractivity contribution >= 4 is 29.8 Å². The molecule has 1 aromatic carbocycles. The highest BCUT2D eigenvalue weighted by atomic mass is 16.5. The normalized spacial score (nSPS) is 18.1. The molecule has 3 N–H and O–H groups in total. The van der Waals surface area contributed by atoms with Crippen molar-refractivity contribution in [3.8, 4) is 0 Å². The molecule has 1 aromatic rings. The molecule has 1 aliphatic carbocycles. The number of rotatable bonds is 6. The molecular weight excluding hydrogens is 392 g/mol. The molecule has 1 saturated carbocycles. The molecule has 10 nitrogen and oxygen atoms in total. The van der Waals surface area contributed by atoms with Crippen molar-refractivity contribution in [3.63, 3.8) is 0 Å². The highest BCUT2D eigenvalue weighted by molar-refractivity contribution is 6.07. The molecule has 1 spiro atoms. The Bertz CT molecular complexity index is 850. The van der Waals surface area contributed by atoms with Gasteiger partial charge in [-0.1, -0.05) is 43.2 Å². The highest BCUT2D eigenvalue weighted by Crippen LogP contribution is 2.35. The lowest BCUT2D eigenvalue weighted by Crippen LogP contribution is -2.44. The van der Waals surface area contributed by atoms with Gasteiger partial charge in [0.15, 0.2) is 0 Å². The number of ether oxygens (including phenoxy) is 1. The van der Waals surface area contributed by atoms with Gasteiger partial charge in [-0.3, -0.25) is 24.6 Å². The first-order valence-electron chi connectivity index (χ1n) is 9.77. The van der Waals surface area contributed by atoms with Crippen LogP contribution in [0, 0.1) is 0 Å². The fourth-order valence-electron chi connectivity index (χ4n) is 3.73. The van der Waals surface area contributed by atoms with Crippen LogP contribution in [0.3, 0.4) is 0 Å². The zero-order valence-electron chi connectivity index (χ0n) is 16.6. The van der Waals surface area contributed by atoms with E-state index in [9.17, 15) is 24.0 Å². The molecule has 3 rings (SSSR count). The lowest BCUT2D eigenvalue weighted by molar-refractivity contribution is -0.156. The zero-order valence-corrected chi connectivity index (χ0v) is 16.6. The quantitative estimate of drug-likeness (QED) is 0.468. The number of urea groups is 2. The third kappa shape index (κ3) is 4.42. The number of esters is 1. The van der Waals surface area contributed by atoms with E-state index >= 15 is 0 Å². The van der Waals surface area contributed by atoms with Gasteiger partial charge in [-0.15, -0.1) is 0 Å². The predicted molar refractivity (Wildman–Crippen MR) is 104 cm³/mol. The molecule has 10 heteroatoms. The topological polar surface area (TPSA) is 134 Å². The van der Waals surface area contributed by atoms with Crippen molar-refractivity contribution in [1.29, 1.82) is 0 Å². The second kappa shape index (κ2) is 8.93. The van der Waals surface area contributed by atoms with Crippen LogP contribution in [0.2, 0.25) is 0 Å². The van der Waals surface area contributed by atoms with E-state index in [0.717, 1.165) is 17.7 Å². The maximum absolute atomic E-state index is 12.6. The molecule has 1 heterocycles. The maximum atomic E-state index is 12.6. The number of benzene rings is 1. The number of hydrogen-bond acceptors (Lipinski definition) is 6. The minimum atomic E-state index is -1.35. The van der Waals surface area contributed by atoms with Gasteiger partial charge in [0, 0.05) is 19.2 Å². The van der Waals surface area contributed by atoms with E-state index in [-0.39, 0.29) is 18.9 Å². The van der Waals surface area contributed by atoms with Crippen LogP contribution in [-0.4, -0.2) is 53.9 Å². The summed E-state index contributed by atoms with van der Waals surface area (Å²) in [4.78, 5) is 62.1. The summed E-state index contributed by atoms with van der Waals surface area (Å²) in [7, 11) is 1.35. The van der Waals surface area contributed by atoms with Gasteiger partial charge < -0.3 is 15.4 Å². The average Bonchev–Trinajstić information content (AvgIpc) is 3.30. The van der Waals surface area contributed by atoms with Crippen LogP contribution in [0.5, 0.6) is 0 Å². The Morgan fingerprint density at radius 3 is 2.47 bits per heavy atom. The van der Waals surface area contributed by atoms with Crippen molar-refractivity contribution in [2.45, 2.75) is 43.7 Å². The number of amides is 6. The van der Waals surface area contributed by atoms with Crippen LogP contribution in [0.1, 0.15) is 43.8 Å². The van der Waals surface area contributed by atoms with E-state index in [2.05, 4.69) is 16.0 Å². The van der Waals surface area contributed by atoms with Gasteiger partial charge in [-0.05, 0) is 12.8 Å². The van der Waals surface area contributed by atoms with Crippen molar-refractivity contribution in [3.05, 3.63) is 35.9 Å². The summed E-state index contributed by atoms with van der Waals surface area (Å²) in [6, 6.07) is 6.97. The second-order valence-electron chi connectivity index (χ2n) is 7.28. The molecule has 2 aliphatic rings. The molecule has 160 valence electrons. The highest BCUT2D eigenvalue weighted by Gasteiger charge is 2.52. The van der Waals surface area contributed by atoms with E-state index in [0.29, 0.717) is 18.4 Å². The number of carbonyl (C=O) groups excluding carboxylic acids is 5. The fraction of sp³-hybridized carbons (Fsp3) is 0.450. The molecule has 1 atom stereocenters. The van der Waals surface area contributed by atoms with Crippen LogP contribution in [-0.2, 0) is 19.1 Å². The molecule has 0 bridgehead atoms. The molecule has 2 fully saturated rings. The van der Waals surface area contributed by atoms with Gasteiger partial charge in [0.2, 0.25) is 6.10 Å². The second-order valence-corrected chi connectivity index (χ2v) is 7.28. The van der Waals surface area contributed by atoms with Crippen LogP contribution in [0.25, 0.3) is 0 Å². The first kappa shape index (κ1) is 21.3. The number of hydrogen-bond donors (Lipinski definition) is 3. The van der Waals surface area contributed by atoms with Crippen molar-refractivity contribution in [2.24, 2.45) is 0 Å². The van der Waals surface area contributed by atoms with Crippen LogP contribution in [0.4, 0.5) is 9.59 Å². The Hall–Kier alpha value is -3.43. The first-order valence-corrected chi connectivity index (χ1v) is 9.77. The number of imide groups is 2. The van der Waals surface area contributed by atoms with Crippen molar-refractivity contribution in [2.75, 3.05) is 13.6 Å². The van der Waals surface area contributed by atoms with Gasteiger partial charge in [0.05, 0.1) is 6.42 Å². The van der Waals surface area contributed by atoms with Crippen LogP contribution >= 0.6 is 0 Å². The van der Waals surface area contributed by atoms with E-state index < -0.39 is 35.6 Å². The molecule has 1 aliphatic heterocycles. The number of nitrogens with one attached hydrogen (secondary N) is 3. The largest absolute Gasteiger partial charge is 0.447 e. The molecule has 30 heavy (non-hydrogen) atoms. The lowest BCUT2D eigenvalue weighted by atomic mass is 9.98. The third-order valence-electron chi connectivity index (χ3n) is 5.30. The van der Waals surface area contributed by atoms with E-state index in [1.165, 1.54) is 7.05 Å². The SMILES string of the molecule is CNC(=O)NC(=O)[C@@H](OC(=O)CCN1C(=O)NC2(CCCC2)C1=O)c1ccccc1. The van der Waals surface area contributed by atoms with Gasteiger partial charge in [-0.25, -0.2) is 9.59 Å². The minimum absolute atomic E-state index is 0.149. The molecule has 0 unspecified atom stereocenters. The first-order chi connectivity index (χ1) is 14.4. The Labute approximate surface area is 173 Å². The minimum Gasteiger partial charge on any atom is -0.447 e. The van der Waals surface area contributed by atoms with Gasteiger partial charge >= 0.3 is 18.0 Å². The van der Waals surface area contributed by atoms with Gasteiger partial charge in [0.25, 0.3) is 11.8 Å². The Morgan fingerprint density at radius 2 is 1.83 bits per heavy atom. The summed E-state index contributed by atoms with van der Waals surface area (Å²) >= 11 is 0. The van der Waals surface area contributed by atoms with Crippen LogP contribution < -0.4 is 16.0 Å². The summed E-state index contributed by atoms with van der Waals surface area (Å²) in [6.07, 6.45) is 1.29. The standard InChI is InChI=1S/C20H24N4O6/c1-21-18(28)22-16(26)15(13-7-3-2-4-8-13)30-14(25)9-12-24-17(27)20(23-19(24)29)10-5-6-11-20/h2-4,7-8,15H,5-6,9-12H2,1H3,(H,23,29)(H2,21,22,26,28)/t15-/m0/s1. The fourth-order valence-corrected chi connectivity index (χ4v) is 3.73. The zero-order chi connectivity index (χ0) is 21.7. The van der Waals surface area contributed by atoms with Crippen molar-refractivity contribution < 1.29 is 28.7 Å². The molecule has 0 aromatic heterocycles. The summed E-state index contributed by atoms with van der Waals surface area (Å²) in [6.45, 7) is -0.149. The summed E-state index contributed by atoms with van der Waals surface area (Å²) in [5, 5.41) is 7.08. The summed E-state index contributed by atoms with van der Waals surface area (Å²) < 4.78 is 5.29. The average molecular weight is 416 g/mol. The smallest absolute Gasteiger partial charge is 0.325 e. The summed E-state index contributed by atoms with van der Waals surface area (Å²) in [5.74, 6) is -1.91. The van der Waals surface area contributed by atoms with Gasteiger partial charge in [-0.2, -0.15) is 0 Å². The third-order valence-corrected chi connectivity index (χ3v) is 5.30. The number of carbonyl (C=O) groups is 5.